The number of allylic oxidation sites excluding steroid dienone is 3. The van der Waals surface area contributed by atoms with Gasteiger partial charge in [-0.2, -0.15) is 13.9 Å². The van der Waals surface area contributed by atoms with Crippen molar-refractivity contribution in [2.75, 3.05) is 6.54 Å². The van der Waals surface area contributed by atoms with Crippen molar-refractivity contribution in [2.24, 2.45) is 7.05 Å². The standard InChI is InChI=1S/C20H23F2N3OS.C2H6/c1-20(21,22)18-13-15(24-25(18)2)16-9-10-17(27-16)19(26)23-12-11-14-7-5-3-4-6-8-14;1-2/h3-4,7,9-10,13H,5-6,8,11-12H2,1-2H3,(H,23,26);1-2H3. The maximum Gasteiger partial charge on any atom is 0.286 e. The van der Waals surface area contributed by atoms with Gasteiger partial charge in [-0.15, -0.1) is 11.3 Å². The van der Waals surface area contributed by atoms with E-state index in [1.165, 1.54) is 34.7 Å². The van der Waals surface area contributed by atoms with E-state index in [-0.39, 0.29) is 11.6 Å². The van der Waals surface area contributed by atoms with Crippen LogP contribution in [0, 0.1) is 0 Å². The molecule has 0 unspecified atom stereocenters. The lowest BCUT2D eigenvalue weighted by Gasteiger charge is -2.08. The molecule has 0 fully saturated rings. The van der Waals surface area contributed by atoms with Gasteiger partial charge in [-0.05, 0) is 43.9 Å². The minimum atomic E-state index is -2.96. The second kappa shape index (κ2) is 10.5. The first-order chi connectivity index (χ1) is 13.8. The summed E-state index contributed by atoms with van der Waals surface area (Å²) in [7, 11) is 1.50. The number of nitrogens with zero attached hydrogens (tertiary/aromatic N) is 2. The van der Waals surface area contributed by atoms with E-state index >= 15 is 0 Å². The molecule has 1 aliphatic carbocycles. The summed E-state index contributed by atoms with van der Waals surface area (Å²) < 4.78 is 28.3. The quantitative estimate of drug-likeness (QED) is 0.575. The first-order valence-electron chi connectivity index (χ1n) is 9.98. The second-order valence-electron chi connectivity index (χ2n) is 6.70. The van der Waals surface area contributed by atoms with E-state index in [1.54, 1.807) is 12.1 Å². The zero-order chi connectivity index (χ0) is 21.4. The van der Waals surface area contributed by atoms with Gasteiger partial charge >= 0.3 is 0 Å². The van der Waals surface area contributed by atoms with Crippen LogP contribution in [0.1, 0.15) is 61.8 Å². The van der Waals surface area contributed by atoms with E-state index in [0.29, 0.717) is 22.0 Å². The summed E-state index contributed by atoms with van der Waals surface area (Å²) in [6.07, 6.45) is 10.5. The third-order valence-electron chi connectivity index (χ3n) is 4.48. The molecule has 4 nitrogen and oxygen atoms in total. The maximum atomic E-state index is 13.6. The number of aryl methyl sites for hydroxylation is 1. The number of thiophene rings is 1. The van der Waals surface area contributed by atoms with Crippen LogP contribution in [0.5, 0.6) is 0 Å². The molecule has 1 aliphatic rings. The Hall–Kier alpha value is -2.28. The summed E-state index contributed by atoms with van der Waals surface area (Å²) >= 11 is 1.26. The third kappa shape index (κ3) is 6.35. The smallest absolute Gasteiger partial charge is 0.286 e. The number of carbonyl (C=O) groups excluding carboxylic acids is 1. The normalized spacial score (nSPS) is 13.9. The molecule has 1 N–H and O–H groups in total. The summed E-state index contributed by atoms with van der Waals surface area (Å²) in [6.45, 7) is 5.44. The number of nitrogens with one attached hydrogen (secondary N) is 1. The van der Waals surface area contributed by atoms with Crippen molar-refractivity contribution in [3.63, 3.8) is 0 Å². The number of rotatable bonds is 6. The first-order valence-corrected chi connectivity index (χ1v) is 10.8. The summed E-state index contributed by atoms with van der Waals surface area (Å²) in [6, 6.07) is 4.84. The van der Waals surface area contributed by atoms with Gasteiger partial charge in [0.15, 0.2) is 0 Å². The molecular weight excluding hydrogens is 392 g/mol. The van der Waals surface area contributed by atoms with Crippen molar-refractivity contribution in [3.05, 3.63) is 52.6 Å². The molecule has 2 aromatic rings. The second-order valence-corrected chi connectivity index (χ2v) is 7.79. The highest BCUT2D eigenvalue weighted by Crippen LogP contribution is 2.33. The number of amides is 1. The highest BCUT2D eigenvalue weighted by Gasteiger charge is 2.29. The number of carbonyl (C=O) groups is 1. The molecule has 7 heteroatoms. The van der Waals surface area contributed by atoms with Gasteiger partial charge in [-0.1, -0.05) is 37.6 Å². The van der Waals surface area contributed by atoms with Crippen LogP contribution in [-0.4, -0.2) is 22.2 Å². The molecule has 0 radical (unpaired) electrons. The fourth-order valence-electron chi connectivity index (χ4n) is 3.07. The zero-order valence-electron chi connectivity index (χ0n) is 17.5. The molecule has 1 amide bonds. The SMILES string of the molecule is CC.Cn1nc(-c2ccc(C(=O)NCCC3=CCC=CCC3)s2)cc1C(C)(F)F. The molecular formula is C22H29F2N3OS. The van der Waals surface area contributed by atoms with Crippen molar-refractivity contribution in [1.82, 2.24) is 15.1 Å². The average molecular weight is 422 g/mol. The van der Waals surface area contributed by atoms with Crippen LogP contribution in [0.2, 0.25) is 0 Å². The summed E-state index contributed by atoms with van der Waals surface area (Å²) in [5.41, 5.74) is 1.67. The van der Waals surface area contributed by atoms with Gasteiger partial charge in [0.05, 0.1) is 9.75 Å². The number of hydrogen-bond donors (Lipinski definition) is 1. The lowest BCUT2D eigenvalue weighted by atomic mass is 10.1. The van der Waals surface area contributed by atoms with E-state index in [1.807, 2.05) is 13.8 Å². The predicted octanol–water partition coefficient (Wildman–Crippen LogP) is 6.07. The Kier molecular flexibility index (Phi) is 8.32. The van der Waals surface area contributed by atoms with E-state index in [0.717, 1.165) is 32.6 Å². The Morgan fingerprint density at radius 2 is 2.07 bits per heavy atom. The Morgan fingerprint density at radius 1 is 1.31 bits per heavy atom. The molecule has 0 saturated carbocycles. The van der Waals surface area contributed by atoms with Gasteiger partial charge in [0.1, 0.15) is 11.4 Å². The lowest BCUT2D eigenvalue weighted by Crippen LogP contribution is -2.23. The van der Waals surface area contributed by atoms with E-state index in [4.69, 9.17) is 0 Å². The molecule has 0 aliphatic heterocycles. The molecule has 29 heavy (non-hydrogen) atoms. The van der Waals surface area contributed by atoms with Crippen molar-refractivity contribution in [1.29, 1.82) is 0 Å². The van der Waals surface area contributed by atoms with Gasteiger partial charge in [0.25, 0.3) is 11.8 Å². The highest BCUT2D eigenvalue weighted by molar-refractivity contribution is 7.17. The lowest BCUT2D eigenvalue weighted by molar-refractivity contribution is 0.00882. The van der Waals surface area contributed by atoms with E-state index in [2.05, 4.69) is 28.6 Å². The van der Waals surface area contributed by atoms with Crippen molar-refractivity contribution < 1.29 is 13.6 Å². The van der Waals surface area contributed by atoms with Gasteiger partial charge < -0.3 is 5.32 Å². The highest BCUT2D eigenvalue weighted by atomic mass is 32.1. The van der Waals surface area contributed by atoms with Gasteiger partial charge in [0, 0.05) is 20.5 Å². The molecule has 0 atom stereocenters. The summed E-state index contributed by atoms with van der Waals surface area (Å²) in [4.78, 5) is 13.6. The third-order valence-corrected chi connectivity index (χ3v) is 5.59. The molecule has 2 aromatic heterocycles. The molecule has 2 heterocycles. The summed E-state index contributed by atoms with van der Waals surface area (Å²) in [5, 5.41) is 7.09. The Labute approximate surface area is 175 Å². The van der Waals surface area contributed by atoms with Gasteiger partial charge in [0.2, 0.25) is 0 Å². The molecule has 3 rings (SSSR count). The van der Waals surface area contributed by atoms with E-state index in [9.17, 15) is 13.6 Å². The number of hydrogen-bond acceptors (Lipinski definition) is 3. The van der Waals surface area contributed by atoms with Crippen molar-refractivity contribution in [2.45, 2.75) is 52.4 Å². The van der Waals surface area contributed by atoms with Crippen LogP contribution in [-0.2, 0) is 13.0 Å². The Morgan fingerprint density at radius 3 is 2.76 bits per heavy atom. The largest absolute Gasteiger partial charge is 0.351 e. The topological polar surface area (TPSA) is 46.9 Å². The van der Waals surface area contributed by atoms with Crippen LogP contribution in [0.3, 0.4) is 0 Å². The minimum Gasteiger partial charge on any atom is -0.351 e. The Balaban J connectivity index is 0.00000145. The molecule has 0 spiro atoms. The predicted molar refractivity (Wildman–Crippen MR) is 115 cm³/mol. The monoisotopic (exact) mass is 421 g/mol. The van der Waals surface area contributed by atoms with Crippen LogP contribution in [0.4, 0.5) is 8.78 Å². The number of halogens is 2. The van der Waals surface area contributed by atoms with Crippen LogP contribution in [0.25, 0.3) is 10.6 Å². The zero-order valence-corrected chi connectivity index (χ0v) is 18.3. The van der Waals surface area contributed by atoms with Crippen molar-refractivity contribution >= 4 is 17.2 Å². The van der Waals surface area contributed by atoms with Crippen LogP contribution < -0.4 is 5.32 Å². The Bertz CT molecular complexity index is 875. The summed E-state index contributed by atoms with van der Waals surface area (Å²) in [5.74, 6) is -3.10. The van der Waals surface area contributed by atoms with Gasteiger partial charge in [-0.25, -0.2) is 0 Å². The number of alkyl halides is 2. The molecule has 0 saturated heterocycles. The van der Waals surface area contributed by atoms with Crippen LogP contribution >= 0.6 is 11.3 Å². The fourth-order valence-corrected chi connectivity index (χ4v) is 3.94. The molecule has 0 bridgehead atoms. The minimum absolute atomic E-state index is 0.143. The molecule has 0 aromatic carbocycles. The number of aromatic nitrogens is 2. The molecule has 158 valence electrons. The van der Waals surface area contributed by atoms with Crippen LogP contribution in [0.15, 0.2) is 42.0 Å². The van der Waals surface area contributed by atoms with Crippen molar-refractivity contribution in [3.8, 4) is 10.6 Å². The average Bonchev–Trinajstić information content (AvgIpc) is 3.24. The fraction of sp³-hybridized carbons (Fsp3) is 0.455. The van der Waals surface area contributed by atoms with E-state index < -0.39 is 5.92 Å². The first kappa shape index (κ1) is 23.0. The maximum absolute atomic E-state index is 13.6. The van der Waals surface area contributed by atoms with Gasteiger partial charge in [-0.3, -0.25) is 9.48 Å².